The van der Waals surface area contributed by atoms with E-state index < -0.39 is 11.7 Å². The summed E-state index contributed by atoms with van der Waals surface area (Å²) in [6, 6.07) is 4.65. The highest BCUT2D eigenvalue weighted by Gasteiger charge is 2.12. The summed E-state index contributed by atoms with van der Waals surface area (Å²) < 4.78 is 13.8. The van der Waals surface area contributed by atoms with E-state index in [1.807, 2.05) is 6.92 Å². The number of benzene rings is 1. The Bertz CT molecular complexity index is 371. The summed E-state index contributed by atoms with van der Waals surface area (Å²) in [5, 5.41) is 5.70. The molecular weight excluding hydrogens is 275 g/mol. The molecule has 0 fully saturated rings. The molecule has 0 saturated carbocycles. The van der Waals surface area contributed by atoms with E-state index in [1.54, 1.807) is 12.1 Å². The van der Waals surface area contributed by atoms with Gasteiger partial charge in [0.1, 0.15) is 5.82 Å². The van der Waals surface area contributed by atoms with Gasteiger partial charge in [-0.05, 0) is 34.6 Å². The molecule has 3 nitrogen and oxygen atoms in total. The van der Waals surface area contributed by atoms with E-state index in [9.17, 15) is 9.18 Å². The molecule has 2 N–H and O–H groups in total. The van der Waals surface area contributed by atoms with Gasteiger partial charge in [0, 0.05) is 13.1 Å². The predicted molar refractivity (Wildman–Crippen MR) is 65.0 cm³/mol. The molecule has 0 heterocycles. The number of carbonyl (C=O) groups is 1. The van der Waals surface area contributed by atoms with Crippen molar-refractivity contribution in [1.82, 2.24) is 10.6 Å². The number of amides is 1. The van der Waals surface area contributed by atoms with Crippen molar-refractivity contribution in [2.45, 2.75) is 6.92 Å². The molecule has 0 aromatic heterocycles. The molecule has 0 unspecified atom stereocenters. The molecule has 0 radical (unpaired) electrons. The van der Waals surface area contributed by atoms with Crippen LogP contribution in [0.2, 0.25) is 0 Å². The number of nitrogens with one attached hydrogen (secondary N) is 2. The van der Waals surface area contributed by atoms with Crippen molar-refractivity contribution in [3.63, 3.8) is 0 Å². The zero-order valence-electron chi connectivity index (χ0n) is 9.02. The lowest BCUT2D eigenvalue weighted by Crippen LogP contribution is -2.32. The van der Waals surface area contributed by atoms with Crippen LogP contribution >= 0.6 is 15.9 Å². The molecule has 5 heteroatoms. The standard InChI is InChI=1S/C11H14BrFN2O/c1-2-14-6-7-15-11(16)8-4-3-5-9(12)10(8)13/h3-5,14H,2,6-7H2,1H3,(H,15,16). The molecule has 0 saturated heterocycles. The van der Waals surface area contributed by atoms with Crippen LogP contribution in [0.5, 0.6) is 0 Å². The second-order valence-corrected chi connectivity index (χ2v) is 4.07. The molecule has 1 aromatic carbocycles. The molecule has 16 heavy (non-hydrogen) atoms. The number of likely N-dealkylation sites (N-methyl/N-ethyl adjacent to an activating group) is 1. The molecule has 0 bridgehead atoms. The zero-order chi connectivity index (χ0) is 12.0. The molecule has 88 valence electrons. The van der Waals surface area contributed by atoms with E-state index in [4.69, 9.17) is 0 Å². The van der Waals surface area contributed by atoms with Crippen LogP contribution < -0.4 is 10.6 Å². The second kappa shape index (κ2) is 6.60. The predicted octanol–water partition coefficient (Wildman–Crippen LogP) is 1.93. The average Bonchev–Trinajstić information content (AvgIpc) is 2.28. The summed E-state index contributed by atoms with van der Waals surface area (Å²) in [7, 11) is 0. The highest BCUT2D eigenvalue weighted by Crippen LogP contribution is 2.18. The van der Waals surface area contributed by atoms with Crippen molar-refractivity contribution < 1.29 is 9.18 Å². The number of hydrogen-bond acceptors (Lipinski definition) is 2. The van der Waals surface area contributed by atoms with Gasteiger partial charge in [-0.15, -0.1) is 0 Å². The lowest BCUT2D eigenvalue weighted by atomic mass is 10.2. The van der Waals surface area contributed by atoms with E-state index in [2.05, 4.69) is 26.6 Å². The summed E-state index contributed by atoms with van der Waals surface area (Å²) in [5.74, 6) is -0.917. The maximum atomic E-state index is 13.5. The Balaban J connectivity index is 2.56. The Labute approximate surface area is 103 Å². The first-order valence-corrected chi connectivity index (χ1v) is 5.89. The van der Waals surface area contributed by atoms with Gasteiger partial charge in [0.2, 0.25) is 0 Å². The molecule has 0 atom stereocenters. The van der Waals surface area contributed by atoms with E-state index in [-0.39, 0.29) is 5.56 Å². The van der Waals surface area contributed by atoms with Gasteiger partial charge in [-0.3, -0.25) is 4.79 Å². The van der Waals surface area contributed by atoms with Crippen molar-refractivity contribution >= 4 is 21.8 Å². The summed E-state index contributed by atoms with van der Waals surface area (Å²) >= 11 is 3.04. The fourth-order valence-electron chi connectivity index (χ4n) is 1.22. The van der Waals surface area contributed by atoms with Crippen LogP contribution in [0.1, 0.15) is 17.3 Å². The zero-order valence-corrected chi connectivity index (χ0v) is 10.6. The minimum Gasteiger partial charge on any atom is -0.351 e. The van der Waals surface area contributed by atoms with Crippen molar-refractivity contribution in [3.8, 4) is 0 Å². The third kappa shape index (κ3) is 3.57. The topological polar surface area (TPSA) is 41.1 Å². The van der Waals surface area contributed by atoms with Gasteiger partial charge >= 0.3 is 0 Å². The van der Waals surface area contributed by atoms with Gasteiger partial charge in [0.15, 0.2) is 0 Å². The lowest BCUT2D eigenvalue weighted by molar-refractivity contribution is 0.0950. The second-order valence-electron chi connectivity index (χ2n) is 3.21. The Morgan fingerprint density at radius 3 is 2.88 bits per heavy atom. The molecule has 1 aromatic rings. The van der Waals surface area contributed by atoms with Gasteiger partial charge in [-0.2, -0.15) is 0 Å². The van der Waals surface area contributed by atoms with Crippen molar-refractivity contribution in [2.75, 3.05) is 19.6 Å². The van der Waals surface area contributed by atoms with Crippen LogP contribution in [0.15, 0.2) is 22.7 Å². The fourth-order valence-corrected chi connectivity index (χ4v) is 1.58. The largest absolute Gasteiger partial charge is 0.351 e. The minimum absolute atomic E-state index is 0.0610. The molecule has 0 spiro atoms. The third-order valence-corrected chi connectivity index (χ3v) is 2.65. The lowest BCUT2D eigenvalue weighted by Gasteiger charge is -2.07. The van der Waals surface area contributed by atoms with Gasteiger partial charge in [-0.25, -0.2) is 4.39 Å². The molecule has 0 aliphatic rings. The maximum Gasteiger partial charge on any atom is 0.254 e. The third-order valence-electron chi connectivity index (χ3n) is 2.03. The van der Waals surface area contributed by atoms with Crippen LogP contribution in [0.3, 0.4) is 0 Å². The normalized spacial score (nSPS) is 10.2. The first-order valence-electron chi connectivity index (χ1n) is 5.09. The monoisotopic (exact) mass is 288 g/mol. The number of rotatable bonds is 5. The Hall–Kier alpha value is -0.940. The van der Waals surface area contributed by atoms with Crippen LogP contribution in [0.25, 0.3) is 0 Å². The van der Waals surface area contributed by atoms with E-state index in [0.29, 0.717) is 17.6 Å². The summed E-state index contributed by atoms with van der Waals surface area (Å²) in [5.41, 5.74) is 0.0610. The van der Waals surface area contributed by atoms with E-state index in [1.165, 1.54) is 6.07 Å². The first kappa shape index (κ1) is 13.1. The summed E-state index contributed by atoms with van der Waals surface area (Å²) in [6.45, 7) is 3.99. The Kier molecular flexibility index (Phi) is 5.42. The van der Waals surface area contributed by atoms with E-state index in [0.717, 1.165) is 6.54 Å². The van der Waals surface area contributed by atoms with Crippen molar-refractivity contribution in [2.24, 2.45) is 0 Å². The molecule has 1 rings (SSSR count). The number of halogens is 2. The van der Waals surface area contributed by atoms with Crippen LogP contribution in [0.4, 0.5) is 4.39 Å². The quantitative estimate of drug-likeness (QED) is 0.813. The van der Waals surface area contributed by atoms with Gasteiger partial charge < -0.3 is 10.6 Å². The number of hydrogen-bond donors (Lipinski definition) is 2. The highest BCUT2D eigenvalue weighted by atomic mass is 79.9. The van der Waals surface area contributed by atoms with Crippen molar-refractivity contribution in [1.29, 1.82) is 0 Å². The smallest absolute Gasteiger partial charge is 0.254 e. The first-order chi connectivity index (χ1) is 7.66. The highest BCUT2D eigenvalue weighted by molar-refractivity contribution is 9.10. The SMILES string of the molecule is CCNCCNC(=O)c1cccc(Br)c1F. The fraction of sp³-hybridized carbons (Fsp3) is 0.364. The maximum absolute atomic E-state index is 13.5. The summed E-state index contributed by atoms with van der Waals surface area (Å²) in [4.78, 5) is 11.6. The molecular formula is C11H14BrFN2O. The minimum atomic E-state index is -0.525. The molecule has 0 aliphatic heterocycles. The van der Waals surface area contributed by atoms with Crippen molar-refractivity contribution in [3.05, 3.63) is 34.1 Å². The molecule has 1 amide bonds. The summed E-state index contributed by atoms with van der Waals surface area (Å²) in [6.07, 6.45) is 0. The average molecular weight is 289 g/mol. The van der Waals surface area contributed by atoms with E-state index >= 15 is 0 Å². The Morgan fingerprint density at radius 2 is 2.19 bits per heavy atom. The van der Waals surface area contributed by atoms with Gasteiger partial charge in [-0.1, -0.05) is 13.0 Å². The van der Waals surface area contributed by atoms with Gasteiger partial charge in [0.25, 0.3) is 5.91 Å². The van der Waals surface area contributed by atoms with Crippen LogP contribution in [-0.2, 0) is 0 Å². The van der Waals surface area contributed by atoms with Gasteiger partial charge in [0.05, 0.1) is 10.0 Å². The van der Waals surface area contributed by atoms with Crippen LogP contribution in [0, 0.1) is 5.82 Å². The van der Waals surface area contributed by atoms with Crippen LogP contribution in [-0.4, -0.2) is 25.5 Å². The Morgan fingerprint density at radius 1 is 1.44 bits per heavy atom. The molecule has 0 aliphatic carbocycles. The number of carbonyl (C=O) groups excluding carboxylic acids is 1.